The Balaban J connectivity index is 2.41. The molecule has 0 bridgehead atoms. The third-order valence-corrected chi connectivity index (χ3v) is 2.64. The first kappa shape index (κ1) is 10.7. The lowest BCUT2D eigenvalue weighted by Crippen LogP contribution is -2.02. The van der Waals surface area contributed by atoms with E-state index in [0.717, 1.165) is 36.7 Å². The van der Waals surface area contributed by atoms with Gasteiger partial charge in [0.15, 0.2) is 0 Å². The number of nitrogens with zero attached hydrogens (tertiary/aromatic N) is 4. The normalized spacial score (nSPS) is 10.9. The van der Waals surface area contributed by atoms with Gasteiger partial charge in [-0.3, -0.25) is 0 Å². The molecule has 16 heavy (non-hydrogen) atoms. The maximum atomic E-state index is 6.06. The molecule has 0 aliphatic heterocycles. The number of nitrogen functional groups attached to an aromatic ring is 1. The summed E-state index contributed by atoms with van der Waals surface area (Å²) in [5.74, 6) is 0.719. The molecule has 2 heterocycles. The lowest BCUT2D eigenvalue weighted by atomic mass is 10.3. The fraction of sp³-hybridized carbons (Fsp3) is 0.455. The average molecular weight is 219 g/mol. The summed E-state index contributed by atoms with van der Waals surface area (Å²) < 4.78 is 4.01. The number of rotatable bonds is 4. The predicted octanol–water partition coefficient (Wildman–Crippen LogP) is 1.76. The summed E-state index contributed by atoms with van der Waals surface area (Å²) in [4.78, 5) is 8.49. The summed E-state index contributed by atoms with van der Waals surface area (Å²) in [7, 11) is 0. The van der Waals surface area contributed by atoms with E-state index in [0.29, 0.717) is 0 Å². The molecule has 0 aromatic carbocycles. The van der Waals surface area contributed by atoms with Crippen molar-refractivity contribution in [3.8, 4) is 11.4 Å². The second-order valence-corrected chi connectivity index (χ2v) is 3.74. The van der Waals surface area contributed by atoms with Crippen LogP contribution >= 0.6 is 0 Å². The molecule has 2 N–H and O–H groups in total. The van der Waals surface area contributed by atoms with E-state index in [9.17, 15) is 0 Å². The minimum absolute atomic E-state index is 0.719. The zero-order valence-corrected chi connectivity index (χ0v) is 9.72. The van der Waals surface area contributed by atoms with Crippen LogP contribution in [0.3, 0.4) is 0 Å². The van der Waals surface area contributed by atoms with Gasteiger partial charge in [0.2, 0.25) is 0 Å². The molecule has 2 aromatic heterocycles. The predicted molar refractivity (Wildman–Crippen MR) is 63.8 cm³/mol. The molecule has 0 amide bonds. The van der Waals surface area contributed by atoms with Crippen LogP contribution in [0, 0.1) is 0 Å². The molecule has 0 saturated heterocycles. The van der Waals surface area contributed by atoms with Gasteiger partial charge >= 0.3 is 0 Å². The van der Waals surface area contributed by atoms with E-state index < -0.39 is 0 Å². The van der Waals surface area contributed by atoms with E-state index in [1.165, 1.54) is 0 Å². The van der Waals surface area contributed by atoms with Gasteiger partial charge in [0.05, 0.1) is 24.5 Å². The number of hydrogen-bond acceptors (Lipinski definition) is 3. The highest BCUT2D eigenvalue weighted by Crippen LogP contribution is 2.23. The fourth-order valence-corrected chi connectivity index (χ4v) is 1.78. The summed E-state index contributed by atoms with van der Waals surface area (Å²) >= 11 is 0. The Labute approximate surface area is 94.9 Å². The Hall–Kier alpha value is -1.78. The SMILES string of the molecule is CCCn1cnc(-c2cncn2CC)c1N. The van der Waals surface area contributed by atoms with Gasteiger partial charge in [0.25, 0.3) is 0 Å². The quantitative estimate of drug-likeness (QED) is 0.852. The van der Waals surface area contributed by atoms with Crippen molar-refractivity contribution in [1.82, 2.24) is 19.1 Å². The van der Waals surface area contributed by atoms with E-state index >= 15 is 0 Å². The second kappa shape index (κ2) is 4.38. The van der Waals surface area contributed by atoms with E-state index in [2.05, 4.69) is 23.8 Å². The summed E-state index contributed by atoms with van der Waals surface area (Å²) in [6.07, 6.45) is 6.44. The van der Waals surface area contributed by atoms with Crippen molar-refractivity contribution >= 4 is 5.82 Å². The lowest BCUT2D eigenvalue weighted by Gasteiger charge is -2.05. The molecule has 5 heteroatoms. The molecule has 0 spiro atoms. The highest BCUT2D eigenvalue weighted by molar-refractivity contribution is 5.67. The maximum absolute atomic E-state index is 6.06. The molecule has 86 valence electrons. The molecule has 2 aromatic rings. The molecule has 0 aliphatic rings. The molecule has 0 fully saturated rings. The Kier molecular flexibility index (Phi) is 2.94. The largest absolute Gasteiger partial charge is 0.383 e. The van der Waals surface area contributed by atoms with E-state index in [-0.39, 0.29) is 0 Å². The van der Waals surface area contributed by atoms with Crippen LogP contribution in [0.2, 0.25) is 0 Å². The van der Waals surface area contributed by atoms with Crippen LogP contribution in [0.5, 0.6) is 0 Å². The van der Waals surface area contributed by atoms with E-state index in [4.69, 9.17) is 5.73 Å². The molecule has 2 rings (SSSR count). The molecule has 0 saturated carbocycles. The number of aryl methyl sites for hydroxylation is 2. The average Bonchev–Trinajstić information content (AvgIpc) is 2.87. The monoisotopic (exact) mass is 219 g/mol. The van der Waals surface area contributed by atoms with Crippen LogP contribution in [-0.4, -0.2) is 19.1 Å². The first-order valence-electron chi connectivity index (χ1n) is 5.59. The first-order valence-corrected chi connectivity index (χ1v) is 5.59. The van der Waals surface area contributed by atoms with Crippen molar-refractivity contribution in [2.45, 2.75) is 33.4 Å². The highest BCUT2D eigenvalue weighted by atomic mass is 15.1. The summed E-state index contributed by atoms with van der Waals surface area (Å²) in [5, 5.41) is 0. The number of hydrogen-bond donors (Lipinski definition) is 1. The van der Waals surface area contributed by atoms with Crippen molar-refractivity contribution in [2.24, 2.45) is 0 Å². The third kappa shape index (κ3) is 1.68. The second-order valence-electron chi connectivity index (χ2n) is 3.74. The Morgan fingerprint density at radius 3 is 2.75 bits per heavy atom. The number of aromatic nitrogens is 4. The number of nitrogens with two attached hydrogens (primary N) is 1. The van der Waals surface area contributed by atoms with Crippen molar-refractivity contribution in [3.63, 3.8) is 0 Å². The van der Waals surface area contributed by atoms with Crippen LogP contribution in [-0.2, 0) is 13.1 Å². The van der Waals surface area contributed by atoms with Gasteiger partial charge in [-0.25, -0.2) is 9.97 Å². The molecule has 5 nitrogen and oxygen atoms in total. The molecular formula is C11H17N5. The zero-order chi connectivity index (χ0) is 11.5. The van der Waals surface area contributed by atoms with Crippen molar-refractivity contribution in [2.75, 3.05) is 5.73 Å². The summed E-state index contributed by atoms with van der Waals surface area (Å²) in [6.45, 7) is 5.97. The third-order valence-electron chi connectivity index (χ3n) is 2.64. The topological polar surface area (TPSA) is 61.7 Å². The summed E-state index contributed by atoms with van der Waals surface area (Å²) in [5.41, 5.74) is 7.87. The van der Waals surface area contributed by atoms with Crippen LogP contribution in [0.15, 0.2) is 18.9 Å². The van der Waals surface area contributed by atoms with Gasteiger partial charge in [0, 0.05) is 13.1 Å². The minimum Gasteiger partial charge on any atom is -0.383 e. The molecule has 0 atom stereocenters. The number of anilines is 1. The standard InChI is InChI=1S/C11H17N5/c1-3-5-16-8-14-10(11(16)12)9-6-13-7-15(9)4-2/h6-8H,3-5,12H2,1-2H3. The van der Waals surface area contributed by atoms with E-state index in [1.54, 1.807) is 18.9 Å². The van der Waals surface area contributed by atoms with Crippen LogP contribution < -0.4 is 5.73 Å². The Bertz CT molecular complexity index is 468. The van der Waals surface area contributed by atoms with Gasteiger partial charge in [0.1, 0.15) is 11.5 Å². The summed E-state index contributed by atoms with van der Waals surface area (Å²) in [6, 6.07) is 0. The number of imidazole rings is 2. The Morgan fingerprint density at radius 2 is 2.06 bits per heavy atom. The van der Waals surface area contributed by atoms with Crippen LogP contribution in [0.1, 0.15) is 20.3 Å². The molecular weight excluding hydrogens is 202 g/mol. The maximum Gasteiger partial charge on any atom is 0.133 e. The minimum atomic E-state index is 0.719. The van der Waals surface area contributed by atoms with Crippen molar-refractivity contribution in [1.29, 1.82) is 0 Å². The molecule has 0 aliphatic carbocycles. The lowest BCUT2D eigenvalue weighted by molar-refractivity contribution is 0.686. The highest BCUT2D eigenvalue weighted by Gasteiger charge is 2.12. The Morgan fingerprint density at radius 1 is 1.25 bits per heavy atom. The molecule has 0 unspecified atom stereocenters. The molecule has 0 radical (unpaired) electrons. The smallest absolute Gasteiger partial charge is 0.133 e. The van der Waals surface area contributed by atoms with Gasteiger partial charge in [-0.2, -0.15) is 0 Å². The van der Waals surface area contributed by atoms with Gasteiger partial charge in [-0.1, -0.05) is 6.92 Å². The van der Waals surface area contributed by atoms with Crippen molar-refractivity contribution in [3.05, 3.63) is 18.9 Å². The van der Waals surface area contributed by atoms with Gasteiger partial charge in [-0.15, -0.1) is 0 Å². The van der Waals surface area contributed by atoms with Crippen LogP contribution in [0.25, 0.3) is 11.4 Å². The first-order chi connectivity index (χ1) is 7.77. The van der Waals surface area contributed by atoms with Crippen LogP contribution in [0.4, 0.5) is 5.82 Å². The fourth-order valence-electron chi connectivity index (χ4n) is 1.78. The van der Waals surface area contributed by atoms with Gasteiger partial charge < -0.3 is 14.9 Å². The van der Waals surface area contributed by atoms with E-state index in [1.807, 2.05) is 9.13 Å². The van der Waals surface area contributed by atoms with Gasteiger partial charge in [-0.05, 0) is 13.3 Å². The van der Waals surface area contributed by atoms with Crippen molar-refractivity contribution < 1.29 is 0 Å². The zero-order valence-electron chi connectivity index (χ0n) is 9.72.